The van der Waals surface area contributed by atoms with E-state index in [9.17, 15) is 4.79 Å². The van der Waals surface area contributed by atoms with Crippen LogP contribution in [-0.4, -0.2) is 22.4 Å². The van der Waals surface area contributed by atoms with E-state index in [1.165, 1.54) is 25.5 Å². The van der Waals surface area contributed by atoms with Crippen LogP contribution in [0.3, 0.4) is 0 Å². The molecule has 0 spiro atoms. The second-order valence-electron chi connectivity index (χ2n) is 7.92. The number of carbonyl (C=O) groups is 1. The van der Waals surface area contributed by atoms with Gasteiger partial charge in [0.25, 0.3) is 5.91 Å². The molecule has 3 aliphatic carbocycles. The molecule has 3 unspecified atom stereocenters. The zero-order valence-corrected chi connectivity index (χ0v) is 14.7. The molecule has 0 aromatic carbocycles. The molecule has 3 N–H and O–H groups in total. The van der Waals surface area contributed by atoms with Gasteiger partial charge in [0.1, 0.15) is 12.1 Å². The fourth-order valence-corrected chi connectivity index (χ4v) is 4.56. The van der Waals surface area contributed by atoms with Crippen molar-refractivity contribution in [2.45, 2.75) is 33.1 Å². The van der Waals surface area contributed by atoms with Crippen LogP contribution in [0.4, 0.5) is 5.82 Å². The van der Waals surface area contributed by atoms with E-state index in [1.807, 2.05) is 0 Å². The van der Waals surface area contributed by atoms with E-state index in [2.05, 4.69) is 29.1 Å². The molecule has 3 aliphatic rings. The molecule has 2 aromatic heterocycles. The number of oxazole rings is 1. The van der Waals surface area contributed by atoms with Crippen molar-refractivity contribution >= 4 is 11.7 Å². The third-order valence-corrected chi connectivity index (χ3v) is 6.30. The van der Waals surface area contributed by atoms with Gasteiger partial charge in [-0.15, -0.1) is 0 Å². The minimum Gasteiger partial charge on any atom is -0.444 e. The van der Waals surface area contributed by atoms with Crippen LogP contribution in [0.1, 0.15) is 43.6 Å². The number of carbonyl (C=O) groups excluding carboxylic acids is 1. The molecule has 132 valence electrons. The van der Waals surface area contributed by atoms with E-state index in [1.54, 1.807) is 18.3 Å². The standard InChI is InChI=1S/C19H24N4O2/c1-19(2)13-5-3-11(14(19)7-13)8-22-17(24)15-10-25-18(23-15)12-4-6-16(20)21-9-12/h4,6,9-11,13-14H,3,5,7-8H2,1-2H3,(H2,20,21)(H,22,24). The number of nitrogens with one attached hydrogen (secondary N) is 1. The number of nitrogens with two attached hydrogens (primary N) is 1. The smallest absolute Gasteiger partial charge is 0.273 e. The fraction of sp³-hybridized carbons (Fsp3) is 0.526. The van der Waals surface area contributed by atoms with E-state index in [0.29, 0.717) is 40.8 Å². The maximum Gasteiger partial charge on any atom is 0.273 e. The van der Waals surface area contributed by atoms with Crippen molar-refractivity contribution < 1.29 is 9.21 Å². The molecule has 0 radical (unpaired) electrons. The van der Waals surface area contributed by atoms with Crippen LogP contribution in [0, 0.1) is 23.2 Å². The molecule has 3 saturated carbocycles. The number of pyridine rings is 1. The van der Waals surface area contributed by atoms with Gasteiger partial charge in [-0.2, -0.15) is 0 Å². The molecule has 6 nitrogen and oxygen atoms in total. The highest BCUT2D eigenvalue weighted by molar-refractivity contribution is 5.92. The highest BCUT2D eigenvalue weighted by Crippen LogP contribution is 2.61. The molecule has 2 aromatic rings. The van der Waals surface area contributed by atoms with Gasteiger partial charge in [0.05, 0.1) is 5.56 Å². The number of nitrogens with zero attached hydrogens (tertiary/aromatic N) is 2. The number of hydrogen-bond acceptors (Lipinski definition) is 5. The lowest BCUT2D eigenvalue weighted by Crippen LogP contribution is -2.54. The molecule has 25 heavy (non-hydrogen) atoms. The average molecular weight is 340 g/mol. The van der Waals surface area contributed by atoms with E-state index in [0.717, 1.165) is 11.8 Å². The summed E-state index contributed by atoms with van der Waals surface area (Å²) in [5, 5.41) is 3.04. The number of anilines is 1. The van der Waals surface area contributed by atoms with Crippen LogP contribution >= 0.6 is 0 Å². The highest BCUT2D eigenvalue weighted by Gasteiger charge is 2.53. The zero-order valence-electron chi connectivity index (χ0n) is 14.7. The van der Waals surface area contributed by atoms with Crippen LogP contribution < -0.4 is 11.1 Å². The van der Waals surface area contributed by atoms with Crippen molar-refractivity contribution in [2.75, 3.05) is 12.3 Å². The Morgan fingerprint density at radius 2 is 2.24 bits per heavy atom. The van der Waals surface area contributed by atoms with Gasteiger partial charge in [0.15, 0.2) is 5.69 Å². The first-order chi connectivity index (χ1) is 11.9. The molecule has 0 aliphatic heterocycles. The molecule has 2 bridgehead atoms. The Bertz CT molecular complexity index is 779. The first-order valence-corrected chi connectivity index (χ1v) is 8.91. The molecule has 6 heteroatoms. The summed E-state index contributed by atoms with van der Waals surface area (Å²) in [5.41, 5.74) is 7.00. The monoisotopic (exact) mass is 340 g/mol. The maximum absolute atomic E-state index is 12.4. The number of fused-ring (bicyclic) bond motifs is 2. The van der Waals surface area contributed by atoms with Gasteiger partial charge in [-0.05, 0) is 54.6 Å². The Morgan fingerprint density at radius 3 is 2.92 bits per heavy atom. The topological polar surface area (TPSA) is 94.0 Å². The number of amides is 1. The van der Waals surface area contributed by atoms with Crippen LogP contribution in [0.25, 0.3) is 11.5 Å². The third-order valence-electron chi connectivity index (χ3n) is 6.30. The van der Waals surface area contributed by atoms with Gasteiger partial charge in [0, 0.05) is 12.7 Å². The van der Waals surface area contributed by atoms with Gasteiger partial charge in [-0.1, -0.05) is 13.8 Å². The quantitative estimate of drug-likeness (QED) is 0.892. The Hall–Kier alpha value is -2.37. The molecule has 3 atom stereocenters. The minimum absolute atomic E-state index is 0.183. The summed E-state index contributed by atoms with van der Waals surface area (Å²) in [6.45, 7) is 5.44. The van der Waals surface area contributed by atoms with Gasteiger partial charge in [-0.25, -0.2) is 9.97 Å². The van der Waals surface area contributed by atoms with Crippen molar-refractivity contribution in [1.82, 2.24) is 15.3 Å². The number of hydrogen-bond donors (Lipinski definition) is 2. The van der Waals surface area contributed by atoms with E-state index in [-0.39, 0.29) is 5.91 Å². The SMILES string of the molecule is CC1(C)C2CCC(CNC(=O)c3coc(-c4ccc(N)nc4)n3)C1C2. The number of nitrogen functional groups attached to an aromatic ring is 1. The van der Waals surface area contributed by atoms with Crippen molar-refractivity contribution in [2.24, 2.45) is 23.2 Å². The average Bonchev–Trinajstić information content (AvgIpc) is 3.10. The van der Waals surface area contributed by atoms with Gasteiger partial charge in [0.2, 0.25) is 5.89 Å². The number of aromatic nitrogens is 2. The second-order valence-corrected chi connectivity index (χ2v) is 7.92. The highest BCUT2D eigenvalue weighted by atomic mass is 16.3. The van der Waals surface area contributed by atoms with E-state index >= 15 is 0 Å². The Morgan fingerprint density at radius 1 is 1.40 bits per heavy atom. The van der Waals surface area contributed by atoms with E-state index < -0.39 is 0 Å². The minimum atomic E-state index is -0.183. The molecular formula is C19H24N4O2. The molecule has 2 heterocycles. The van der Waals surface area contributed by atoms with Crippen LogP contribution in [0.2, 0.25) is 0 Å². The lowest BCUT2D eigenvalue weighted by molar-refractivity contribution is -0.103. The molecular weight excluding hydrogens is 316 g/mol. The summed E-state index contributed by atoms with van der Waals surface area (Å²) in [6.07, 6.45) is 6.78. The van der Waals surface area contributed by atoms with Crippen LogP contribution in [0.15, 0.2) is 29.0 Å². The largest absolute Gasteiger partial charge is 0.444 e. The van der Waals surface area contributed by atoms with Crippen molar-refractivity contribution in [3.05, 3.63) is 30.3 Å². The maximum atomic E-state index is 12.4. The second kappa shape index (κ2) is 5.86. The zero-order chi connectivity index (χ0) is 17.6. The third kappa shape index (κ3) is 2.79. The molecule has 0 saturated heterocycles. The summed E-state index contributed by atoms with van der Waals surface area (Å²) >= 11 is 0. The summed E-state index contributed by atoms with van der Waals surface area (Å²) < 4.78 is 5.41. The van der Waals surface area contributed by atoms with Gasteiger partial charge in [-0.3, -0.25) is 4.79 Å². The van der Waals surface area contributed by atoms with Gasteiger partial charge < -0.3 is 15.5 Å². The van der Waals surface area contributed by atoms with Crippen LogP contribution in [-0.2, 0) is 0 Å². The Balaban J connectivity index is 1.38. The predicted octanol–water partition coefficient (Wildman–Crippen LogP) is 3.12. The molecule has 3 fully saturated rings. The molecule has 5 rings (SSSR count). The summed E-state index contributed by atoms with van der Waals surface area (Å²) in [7, 11) is 0. The Labute approximate surface area is 147 Å². The van der Waals surface area contributed by atoms with E-state index in [4.69, 9.17) is 10.2 Å². The summed E-state index contributed by atoms with van der Waals surface area (Å²) in [6, 6.07) is 3.45. The molecule has 1 amide bonds. The van der Waals surface area contributed by atoms with Crippen molar-refractivity contribution in [3.8, 4) is 11.5 Å². The number of rotatable bonds is 4. The lowest BCUT2D eigenvalue weighted by atomic mass is 9.45. The van der Waals surface area contributed by atoms with Crippen molar-refractivity contribution in [1.29, 1.82) is 0 Å². The lowest BCUT2D eigenvalue weighted by Gasteiger charge is -2.60. The fourth-order valence-electron chi connectivity index (χ4n) is 4.56. The van der Waals surface area contributed by atoms with Crippen LogP contribution in [0.5, 0.6) is 0 Å². The normalized spacial score (nSPS) is 26.7. The first-order valence-electron chi connectivity index (χ1n) is 8.91. The first kappa shape index (κ1) is 16.1. The van der Waals surface area contributed by atoms with Gasteiger partial charge >= 0.3 is 0 Å². The Kier molecular flexibility index (Phi) is 3.78. The summed E-state index contributed by atoms with van der Waals surface area (Å²) in [4.78, 5) is 20.7. The summed E-state index contributed by atoms with van der Waals surface area (Å²) in [5.74, 6) is 2.78. The van der Waals surface area contributed by atoms with Crippen molar-refractivity contribution in [3.63, 3.8) is 0 Å². The predicted molar refractivity (Wildman–Crippen MR) is 94.6 cm³/mol.